The molecular formula is C29H37N10O10S2+. The lowest BCUT2D eigenvalue weighted by atomic mass is 9.84. The monoisotopic (exact) mass is 749 g/mol. The Bertz CT molecular complexity index is 1900. The summed E-state index contributed by atoms with van der Waals surface area (Å²) in [5.41, 5.74) is 11.0. The lowest BCUT2D eigenvalue weighted by molar-refractivity contribution is -0.692. The van der Waals surface area contributed by atoms with Gasteiger partial charge < -0.3 is 36.8 Å². The molecule has 2 fully saturated rings. The molecule has 2 aliphatic rings. The number of hydroxylamine groups is 2. The summed E-state index contributed by atoms with van der Waals surface area (Å²) in [6.07, 6.45) is 2.05. The van der Waals surface area contributed by atoms with Crippen molar-refractivity contribution in [3.8, 4) is 16.9 Å². The maximum absolute atomic E-state index is 13.3. The first kappa shape index (κ1) is 37.3. The minimum atomic E-state index is -5.02. The molecule has 2 aliphatic heterocycles. The summed E-state index contributed by atoms with van der Waals surface area (Å²) in [6.45, 7) is 5.89. The van der Waals surface area contributed by atoms with Gasteiger partial charge >= 0.3 is 22.3 Å². The number of carbonyl (C=O) groups excluding carboxylic acids is 2. The average molecular weight is 750 g/mol. The van der Waals surface area contributed by atoms with Gasteiger partial charge in [-0.15, -0.1) is 15.6 Å². The minimum absolute atomic E-state index is 0.0558. The molecule has 2 aromatic heterocycles. The molecule has 51 heavy (non-hydrogen) atoms. The van der Waals surface area contributed by atoms with Crippen LogP contribution in [0.4, 0.5) is 11.1 Å². The highest BCUT2D eigenvalue weighted by Gasteiger charge is 2.58. The summed E-state index contributed by atoms with van der Waals surface area (Å²) in [7, 11) is -5.02. The molecule has 22 heteroatoms. The summed E-state index contributed by atoms with van der Waals surface area (Å²) < 4.78 is 43.3. The van der Waals surface area contributed by atoms with Gasteiger partial charge in [-0.1, -0.05) is 22.3 Å². The smallest absolute Gasteiger partial charge is 0.418 e. The van der Waals surface area contributed by atoms with Crippen LogP contribution in [0.3, 0.4) is 0 Å². The van der Waals surface area contributed by atoms with Crippen LogP contribution in [0.25, 0.3) is 11.1 Å². The number of nitrogens with zero attached hydrogens (tertiary/aromatic N) is 5. The highest BCUT2D eigenvalue weighted by molar-refractivity contribution is 7.80. The second kappa shape index (κ2) is 15.5. The van der Waals surface area contributed by atoms with Crippen molar-refractivity contribution in [2.45, 2.75) is 38.1 Å². The standard InChI is InChI=1S/C29H36N10O10S2/c1-29(2)23(25(41)39(29)49-51(44,45)46)36-24(40)22(20-15-50-27(31)35-20)37-48-21(26(42)43)14-47-19-5-3-17(4-6-19)18-11-34-28(33-8-7-30)38(13-18)12-16-9-32-10-16/h3-6,11,13,15-16,21,23,32H,7-10,12,14,30H2,1-2H3,(H5,31,35,36,40,42,43,44,45,46)/p+1/b37-22-/t21-,23+/m0/s1. The summed E-state index contributed by atoms with van der Waals surface area (Å²) in [5, 5.41) is 24.2. The fourth-order valence-electron chi connectivity index (χ4n) is 5.04. The molecule has 2 saturated heterocycles. The summed E-state index contributed by atoms with van der Waals surface area (Å²) in [6, 6.07) is 5.57. The van der Waals surface area contributed by atoms with E-state index in [1.165, 1.54) is 19.2 Å². The maximum Gasteiger partial charge on any atom is 0.418 e. The number of carboxylic acid groups (broad SMARTS) is 1. The van der Waals surface area contributed by atoms with Crippen molar-refractivity contribution in [2.24, 2.45) is 16.8 Å². The van der Waals surface area contributed by atoms with Gasteiger partial charge in [0, 0.05) is 36.5 Å². The van der Waals surface area contributed by atoms with Crippen molar-refractivity contribution < 1.29 is 50.9 Å². The number of nitrogens with two attached hydrogens (primary N) is 2. The Labute approximate surface area is 295 Å². The Balaban J connectivity index is 1.25. The molecule has 0 saturated carbocycles. The molecule has 0 radical (unpaired) electrons. The largest absolute Gasteiger partial charge is 0.489 e. The number of anilines is 2. The number of nitrogens with one attached hydrogen (secondary N) is 3. The second-order valence-electron chi connectivity index (χ2n) is 12.0. The van der Waals surface area contributed by atoms with Gasteiger partial charge in [-0.25, -0.2) is 14.3 Å². The summed E-state index contributed by atoms with van der Waals surface area (Å²) >= 11 is 0.958. The zero-order valence-corrected chi connectivity index (χ0v) is 29.0. The van der Waals surface area contributed by atoms with Crippen molar-refractivity contribution in [2.75, 3.05) is 43.8 Å². The topological polar surface area (TPSA) is 287 Å². The molecule has 2 amide bonds. The van der Waals surface area contributed by atoms with Crippen LogP contribution in [0, 0.1) is 5.92 Å². The van der Waals surface area contributed by atoms with Crippen LogP contribution >= 0.6 is 11.3 Å². The van der Waals surface area contributed by atoms with E-state index in [2.05, 4.69) is 39.9 Å². The van der Waals surface area contributed by atoms with E-state index in [1.807, 2.05) is 6.20 Å². The van der Waals surface area contributed by atoms with Crippen molar-refractivity contribution in [3.05, 3.63) is 47.7 Å². The number of oxime groups is 1. The van der Waals surface area contributed by atoms with Crippen molar-refractivity contribution >= 4 is 56.3 Å². The number of carboxylic acids is 1. The number of benzene rings is 1. The number of rotatable bonds is 17. The first-order chi connectivity index (χ1) is 24.2. The molecule has 4 heterocycles. The third kappa shape index (κ3) is 9.03. The first-order valence-corrected chi connectivity index (χ1v) is 17.7. The van der Waals surface area contributed by atoms with Gasteiger partial charge in [0.1, 0.15) is 30.3 Å². The number of carbonyl (C=O) groups is 3. The van der Waals surface area contributed by atoms with Crippen LogP contribution in [0.2, 0.25) is 0 Å². The average Bonchev–Trinajstić information content (AvgIpc) is 3.49. The third-order valence-electron chi connectivity index (χ3n) is 7.88. The predicted octanol–water partition coefficient (Wildman–Crippen LogP) is -1.24. The molecule has 1 aromatic carbocycles. The van der Waals surface area contributed by atoms with Gasteiger partial charge in [0.25, 0.3) is 17.9 Å². The van der Waals surface area contributed by atoms with Gasteiger partial charge in [0.2, 0.25) is 0 Å². The lowest BCUT2D eigenvalue weighted by Gasteiger charge is -2.50. The minimum Gasteiger partial charge on any atom is -0.489 e. The molecule has 0 bridgehead atoms. The molecule has 20 nitrogen and oxygen atoms in total. The number of amides is 2. The molecule has 5 rings (SSSR count). The molecule has 0 unspecified atom stereocenters. The number of aromatic nitrogens is 3. The number of β-lactam (4-membered cyclic amide) rings is 1. The second-order valence-corrected chi connectivity index (χ2v) is 13.9. The number of thiazole rings is 1. The summed E-state index contributed by atoms with van der Waals surface area (Å²) in [5.74, 6) is -1.95. The lowest BCUT2D eigenvalue weighted by Crippen LogP contribution is -2.76. The zero-order valence-electron chi connectivity index (χ0n) is 27.4. The van der Waals surface area contributed by atoms with Gasteiger partial charge in [0.05, 0.1) is 24.8 Å². The molecular weight excluding hydrogens is 713 g/mol. The Hall–Kier alpha value is -5.00. The van der Waals surface area contributed by atoms with Crippen molar-refractivity contribution in [1.82, 2.24) is 25.7 Å². The normalized spacial score (nSPS) is 18.0. The Morgan fingerprint density at radius 1 is 1.25 bits per heavy atom. The van der Waals surface area contributed by atoms with Crippen molar-refractivity contribution in [3.63, 3.8) is 0 Å². The van der Waals surface area contributed by atoms with Gasteiger partial charge in [-0.05, 0) is 31.5 Å². The van der Waals surface area contributed by atoms with Gasteiger partial charge in [0.15, 0.2) is 10.8 Å². The number of ether oxygens (including phenoxy) is 1. The van der Waals surface area contributed by atoms with E-state index in [0.717, 1.165) is 48.0 Å². The Morgan fingerprint density at radius 3 is 2.55 bits per heavy atom. The molecule has 9 N–H and O–H groups in total. The maximum atomic E-state index is 13.3. The van der Waals surface area contributed by atoms with E-state index >= 15 is 0 Å². The van der Waals surface area contributed by atoms with Crippen LogP contribution in [0.5, 0.6) is 5.75 Å². The Kier molecular flexibility index (Phi) is 11.3. The fraction of sp³-hybridized carbons (Fsp3) is 0.414. The number of hydrogen-bond donors (Lipinski definition) is 7. The first-order valence-electron chi connectivity index (χ1n) is 15.4. The molecule has 3 aromatic rings. The quantitative estimate of drug-likeness (QED) is 0.0279. The van der Waals surface area contributed by atoms with Crippen LogP contribution < -0.4 is 36.7 Å². The third-order valence-corrected chi connectivity index (χ3v) is 8.89. The fourth-order valence-corrected chi connectivity index (χ4v) is 6.04. The van der Waals surface area contributed by atoms with Crippen LogP contribution in [0.1, 0.15) is 19.5 Å². The number of nitrogen functional groups attached to an aromatic ring is 1. The highest BCUT2D eigenvalue weighted by Crippen LogP contribution is 2.33. The highest BCUT2D eigenvalue weighted by atomic mass is 32.3. The number of hydrogen-bond acceptors (Lipinski definition) is 16. The van der Waals surface area contributed by atoms with Crippen molar-refractivity contribution in [1.29, 1.82) is 0 Å². The van der Waals surface area contributed by atoms with E-state index in [-0.39, 0.29) is 10.8 Å². The van der Waals surface area contributed by atoms with Crippen LogP contribution in [0.15, 0.2) is 47.2 Å². The van der Waals surface area contributed by atoms with Gasteiger partial charge in [-0.2, -0.15) is 13.5 Å². The Morgan fingerprint density at radius 2 is 1.98 bits per heavy atom. The van der Waals surface area contributed by atoms with E-state index in [9.17, 15) is 27.9 Å². The molecule has 0 aliphatic carbocycles. The summed E-state index contributed by atoms with van der Waals surface area (Å²) in [4.78, 5) is 51.7. The van der Waals surface area contributed by atoms with E-state index in [1.54, 1.807) is 30.5 Å². The van der Waals surface area contributed by atoms with Crippen LogP contribution in [-0.2, 0) is 40.4 Å². The van der Waals surface area contributed by atoms with Crippen LogP contribution in [-0.4, -0.2) is 107 Å². The predicted molar refractivity (Wildman–Crippen MR) is 180 cm³/mol. The number of aliphatic carboxylic acids is 1. The van der Waals surface area contributed by atoms with E-state index < -0.39 is 58.2 Å². The molecule has 0 spiro atoms. The van der Waals surface area contributed by atoms with E-state index in [0.29, 0.717) is 29.8 Å². The van der Waals surface area contributed by atoms with Gasteiger partial charge in [-0.3, -0.25) is 19.5 Å². The van der Waals surface area contributed by atoms with E-state index in [4.69, 9.17) is 25.6 Å². The molecule has 2 atom stereocenters. The SMILES string of the molecule is CC1(C)[C@H](NC(=O)/C(=N\O[C@@H](COc2ccc(-c3cnc(NCCN)[n+](CC4CNC4)c3)cc2)C(=O)O)c2csc(N)n2)C(=O)N1OS(=O)(=O)O. The molecule has 274 valence electrons. The zero-order chi connectivity index (χ0) is 36.9.